The molecule has 28 heavy (non-hydrogen) atoms. The summed E-state index contributed by atoms with van der Waals surface area (Å²) in [5, 5.41) is 8.65. The Balaban J connectivity index is 1.86. The fourth-order valence-electron chi connectivity index (χ4n) is 3.52. The summed E-state index contributed by atoms with van der Waals surface area (Å²) >= 11 is 9.14. The number of para-hydroxylation sites is 1. The Morgan fingerprint density at radius 3 is 2.36 bits per heavy atom. The first-order valence-electron chi connectivity index (χ1n) is 8.82. The van der Waals surface area contributed by atoms with E-state index in [9.17, 15) is 0 Å². The maximum atomic E-state index is 5.54. The van der Waals surface area contributed by atoms with Crippen LogP contribution < -0.4 is 0 Å². The highest BCUT2D eigenvalue weighted by Gasteiger charge is 2.20. The molecule has 2 heterocycles. The smallest absolute Gasteiger partial charge is 0.200 e. The van der Waals surface area contributed by atoms with E-state index < -0.39 is 0 Å². The second kappa shape index (κ2) is 6.89. The van der Waals surface area contributed by atoms with Crippen LogP contribution in [0.5, 0.6) is 0 Å². The van der Waals surface area contributed by atoms with Gasteiger partial charge in [-0.15, -0.1) is 0 Å². The van der Waals surface area contributed by atoms with Gasteiger partial charge in [0.1, 0.15) is 0 Å². The van der Waals surface area contributed by atoms with Crippen molar-refractivity contribution in [2.75, 3.05) is 0 Å². The number of aromatic nitrogens is 4. The summed E-state index contributed by atoms with van der Waals surface area (Å²) in [6.07, 6.45) is 0. The van der Waals surface area contributed by atoms with Crippen LogP contribution in [0, 0.1) is 4.77 Å². The maximum absolute atomic E-state index is 5.54. The predicted octanol–water partition coefficient (Wildman–Crippen LogP) is 6.51. The number of nitrogens with zero attached hydrogens (tertiary/aromatic N) is 2. The van der Waals surface area contributed by atoms with Crippen LogP contribution in [0.4, 0.5) is 0 Å². The van der Waals surface area contributed by atoms with Crippen molar-refractivity contribution in [2.45, 2.75) is 0 Å². The molecule has 0 radical (unpaired) electrons. The molecule has 5 aromatic rings. The van der Waals surface area contributed by atoms with Gasteiger partial charge < -0.3 is 4.98 Å². The quantitative estimate of drug-likeness (QED) is 0.310. The maximum Gasteiger partial charge on any atom is 0.200 e. The zero-order valence-electron chi connectivity index (χ0n) is 14.7. The van der Waals surface area contributed by atoms with Gasteiger partial charge in [0.2, 0.25) is 0 Å². The lowest BCUT2D eigenvalue weighted by Gasteiger charge is -2.08. The van der Waals surface area contributed by atoms with Crippen molar-refractivity contribution in [3.63, 3.8) is 0 Å². The number of halogens is 1. The van der Waals surface area contributed by atoms with E-state index >= 15 is 0 Å². The molecule has 0 aliphatic heterocycles. The van der Waals surface area contributed by atoms with Gasteiger partial charge in [-0.1, -0.05) is 64.5 Å². The molecule has 0 atom stereocenters. The fraction of sp³-hybridized carbons (Fsp3) is 0. The summed E-state index contributed by atoms with van der Waals surface area (Å²) in [5.74, 6) is 0.752. The predicted molar refractivity (Wildman–Crippen MR) is 119 cm³/mol. The van der Waals surface area contributed by atoms with Gasteiger partial charge in [0.05, 0.1) is 11.4 Å². The lowest BCUT2D eigenvalue weighted by molar-refractivity contribution is 1.03. The highest BCUT2D eigenvalue weighted by molar-refractivity contribution is 9.10. The Kier molecular flexibility index (Phi) is 4.22. The molecule has 0 aliphatic carbocycles. The first-order valence-corrected chi connectivity index (χ1v) is 10.0. The van der Waals surface area contributed by atoms with Crippen molar-refractivity contribution < 1.29 is 0 Å². The number of H-pyrrole nitrogens is 2. The topological polar surface area (TPSA) is 49.4 Å². The van der Waals surface area contributed by atoms with Crippen molar-refractivity contribution in [2.24, 2.45) is 0 Å². The second-order valence-electron chi connectivity index (χ2n) is 6.45. The highest BCUT2D eigenvalue weighted by atomic mass is 79.9. The lowest BCUT2D eigenvalue weighted by atomic mass is 10.0. The van der Waals surface area contributed by atoms with Gasteiger partial charge in [0.15, 0.2) is 10.6 Å². The summed E-state index contributed by atoms with van der Waals surface area (Å²) < 4.78 is 3.55. The molecule has 0 amide bonds. The summed E-state index contributed by atoms with van der Waals surface area (Å²) in [5.41, 5.74) is 5.16. The normalized spacial score (nSPS) is 11.2. The van der Waals surface area contributed by atoms with Crippen LogP contribution in [0.3, 0.4) is 0 Å². The Bertz CT molecular complexity index is 1330. The van der Waals surface area contributed by atoms with E-state index in [0.717, 1.165) is 43.7 Å². The molecule has 0 aliphatic rings. The van der Waals surface area contributed by atoms with E-state index in [-0.39, 0.29) is 0 Å². The Hall–Kier alpha value is -2.96. The molecule has 5 rings (SSSR count). The van der Waals surface area contributed by atoms with Gasteiger partial charge in [0.25, 0.3) is 0 Å². The molecule has 3 aromatic carbocycles. The standard InChI is InChI=1S/C22H15BrN4S/c23-15-11-12-18-17(13-15)19(14-7-3-1-4-8-14)20(24-18)21-25-26-22(28)27(21)16-9-5-2-6-10-16/h1-13,24H,(H,26,28). The van der Waals surface area contributed by atoms with E-state index in [2.05, 4.69) is 55.4 Å². The van der Waals surface area contributed by atoms with E-state index in [1.807, 2.05) is 59.2 Å². The number of hydrogen-bond donors (Lipinski definition) is 2. The molecule has 2 N–H and O–H groups in total. The molecule has 0 saturated heterocycles. The molecule has 0 saturated carbocycles. The molecule has 0 fully saturated rings. The van der Waals surface area contributed by atoms with E-state index in [1.165, 1.54) is 0 Å². The SMILES string of the molecule is S=c1[nH]nc(-c2[nH]c3ccc(Br)cc3c2-c2ccccc2)n1-c1ccccc1. The number of nitrogens with one attached hydrogen (secondary N) is 2. The minimum atomic E-state index is 0.556. The lowest BCUT2D eigenvalue weighted by Crippen LogP contribution is -1.98. The Labute approximate surface area is 175 Å². The molecule has 6 heteroatoms. The van der Waals surface area contributed by atoms with Crippen molar-refractivity contribution in [3.05, 3.63) is 88.1 Å². The van der Waals surface area contributed by atoms with Crippen LogP contribution in [0.1, 0.15) is 0 Å². The van der Waals surface area contributed by atoms with E-state index in [0.29, 0.717) is 4.77 Å². The molecule has 0 unspecified atom stereocenters. The summed E-state index contributed by atoms with van der Waals surface area (Å²) in [6, 6.07) is 26.6. The van der Waals surface area contributed by atoms with E-state index in [4.69, 9.17) is 12.2 Å². The van der Waals surface area contributed by atoms with Crippen LogP contribution in [-0.2, 0) is 0 Å². The average Bonchev–Trinajstić information content (AvgIpc) is 3.29. The van der Waals surface area contributed by atoms with Crippen molar-refractivity contribution in [1.29, 1.82) is 0 Å². The third-order valence-corrected chi connectivity index (χ3v) is 5.50. The van der Waals surface area contributed by atoms with Crippen LogP contribution in [0.2, 0.25) is 0 Å². The third-order valence-electron chi connectivity index (χ3n) is 4.73. The van der Waals surface area contributed by atoms with Gasteiger partial charge in [-0.3, -0.25) is 9.67 Å². The molecule has 0 spiro atoms. The molecule has 4 nitrogen and oxygen atoms in total. The minimum Gasteiger partial charge on any atom is -0.351 e. The molecule has 136 valence electrons. The molecular formula is C22H15BrN4S. The summed E-state index contributed by atoms with van der Waals surface area (Å²) in [4.78, 5) is 3.56. The Morgan fingerprint density at radius 2 is 1.61 bits per heavy atom. The Morgan fingerprint density at radius 1 is 0.893 bits per heavy atom. The first-order chi connectivity index (χ1) is 13.7. The van der Waals surface area contributed by atoms with Gasteiger partial charge in [-0.2, -0.15) is 5.10 Å². The summed E-state index contributed by atoms with van der Waals surface area (Å²) in [7, 11) is 0. The number of benzene rings is 3. The monoisotopic (exact) mass is 446 g/mol. The van der Waals surface area contributed by atoms with Gasteiger partial charge in [-0.25, -0.2) is 0 Å². The number of aromatic amines is 2. The molecular weight excluding hydrogens is 432 g/mol. The minimum absolute atomic E-state index is 0.556. The average molecular weight is 447 g/mol. The van der Waals surface area contributed by atoms with Crippen LogP contribution >= 0.6 is 28.1 Å². The first kappa shape index (κ1) is 17.2. The number of hydrogen-bond acceptors (Lipinski definition) is 2. The highest BCUT2D eigenvalue weighted by Crippen LogP contribution is 2.39. The third kappa shape index (κ3) is 2.82. The number of fused-ring (bicyclic) bond motifs is 1. The van der Waals surface area contributed by atoms with Crippen molar-refractivity contribution in [1.82, 2.24) is 19.7 Å². The number of rotatable bonds is 3. The van der Waals surface area contributed by atoms with Crippen molar-refractivity contribution in [3.8, 4) is 28.3 Å². The summed E-state index contributed by atoms with van der Waals surface area (Å²) in [6.45, 7) is 0. The van der Waals surface area contributed by atoms with Gasteiger partial charge >= 0.3 is 0 Å². The van der Waals surface area contributed by atoms with Crippen molar-refractivity contribution >= 4 is 39.1 Å². The zero-order chi connectivity index (χ0) is 19.1. The fourth-order valence-corrected chi connectivity index (χ4v) is 4.12. The van der Waals surface area contributed by atoms with Crippen LogP contribution in [0.25, 0.3) is 39.2 Å². The van der Waals surface area contributed by atoms with Crippen LogP contribution in [-0.4, -0.2) is 19.7 Å². The van der Waals surface area contributed by atoms with Gasteiger partial charge in [0, 0.05) is 20.9 Å². The zero-order valence-corrected chi connectivity index (χ0v) is 17.1. The second-order valence-corrected chi connectivity index (χ2v) is 7.76. The molecule has 2 aromatic heterocycles. The van der Waals surface area contributed by atoms with E-state index in [1.54, 1.807) is 0 Å². The van der Waals surface area contributed by atoms with Crippen LogP contribution in [0.15, 0.2) is 83.3 Å². The van der Waals surface area contributed by atoms with Gasteiger partial charge in [-0.05, 0) is 48.1 Å². The largest absolute Gasteiger partial charge is 0.351 e. The molecule has 0 bridgehead atoms.